The molecule has 1 aromatic carbocycles. The highest BCUT2D eigenvalue weighted by molar-refractivity contribution is 7.89. The van der Waals surface area contributed by atoms with Crippen LogP contribution in [0.15, 0.2) is 23.1 Å². The Morgan fingerprint density at radius 1 is 1.25 bits per heavy atom. The summed E-state index contributed by atoms with van der Waals surface area (Å²) in [5, 5.41) is 0. The van der Waals surface area contributed by atoms with Gasteiger partial charge in [0.25, 0.3) is 5.91 Å². The maximum absolute atomic E-state index is 12.7. The number of carbonyl (C=O) groups excluding carboxylic acids is 2. The Bertz CT molecular complexity index is 761. The Morgan fingerprint density at radius 3 is 2.50 bits per heavy atom. The second kappa shape index (κ2) is 6.78. The third-order valence-corrected chi connectivity index (χ3v) is 5.86. The van der Waals surface area contributed by atoms with E-state index in [0.717, 1.165) is 4.31 Å². The summed E-state index contributed by atoms with van der Waals surface area (Å²) in [5.74, 6) is -1.17. The van der Waals surface area contributed by atoms with Crippen LogP contribution in [0.4, 0.5) is 5.69 Å². The molecule has 132 valence electrons. The van der Waals surface area contributed by atoms with E-state index in [-0.39, 0.29) is 34.5 Å². The van der Waals surface area contributed by atoms with E-state index in [2.05, 4.69) is 0 Å². The van der Waals surface area contributed by atoms with Crippen LogP contribution in [0.2, 0.25) is 0 Å². The zero-order valence-corrected chi connectivity index (χ0v) is 14.5. The topological polar surface area (TPSA) is 127 Å². The van der Waals surface area contributed by atoms with Gasteiger partial charge in [-0.1, -0.05) is 0 Å². The van der Waals surface area contributed by atoms with E-state index in [1.807, 2.05) is 0 Å². The minimum absolute atomic E-state index is 0.0423. The number of benzene rings is 1. The average molecular weight is 354 g/mol. The van der Waals surface area contributed by atoms with Gasteiger partial charge in [0, 0.05) is 38.4 Å². The van der Waals surface area contributed by atoms with Crippen LogP contribution in [-0.4, -0.2) is 56.6 Å². The van der Waals surface area contributed by atoms with Crippen molar-refractivity contribution >= 4 is 27.5 Å². The van der Waals surface area contributed by atoms with Gasteiger partial charge in [-0.05, 0) is 31.0 Å². The van der Waals surface area contributed by atoms with Crippen molar-refractivity contribution in [2.24, 2.45) is 11.7 Å². The van der Waals surface area contributed by atoms with E-state index < -0.39 is 15.9 Å². The normalized spacial score (nSPS) is 18.6. The number of rotatable bonds is 4. The van der Waals surface area contributed by atoms with Gasteiger partial charge in [-0.2, -0.15) is 0 Å². The van der Waals surface area contributed by atoms with E-state index in [0.29, 0.717) is 19.4 Å². The predicted molar refractivity (Wildman–Crippen MR) is 89.5 cm³/mol. The SMILES string of the molecule is CN(C)S(=O)(=O)c1cc(N)cc(C(=O)N2CCCC(C(N)=O)C2)c1. The molecule has 2 rings (SSSR count). The molecule has 1 aliphatic rings. The Balaban J connectivity index is 2.33. The molecule has 1 fully saturated rings. The van der Waals surface area contributed by atoms with Crippen molar-refractivity contribution in [2.75, 3.05) is 32.9 Å². The van der Waals surface area contributed by atoms with Crippen molar-refractivity contribution in [1.29, 1.82) is 0 Å². The number of nitrogen functional groups attached to an aromatic ring is 1. The number of nitrogens with two attached hydrogens (primary N) is 2. The summed E-state index contributed by atoms with van der Waals surface area (Å²) < 4.78 is 25.6. The molecule has 1 aliphatic heterocycles. The lowest BCUT2D eigenvalue weighted by Gasteiger charge is -2.31. The lowest BCUT2D eigenvalue weighted by molar-refractivity contribution is -0.123. The molecule has 1 heterocycles. The highest BCUT2D eigenvalue weighted by Crippen LogP contribution is 2.23. The van der Waals surface area contributed by atoms with E-state index in [1.54, 1.807) is 0 Å². The molecular formula is C15H22N4O4S. The van der Waals surface area contributed by atoms with Gasteiger partial charge in [-0.3, -0.25) is 9.59 Å². The van der Waals surface area contributed by atoms with Gasteiger partial charge in [0.15, 0.2) is 0 Å². The van der Waals surface area contributed by atoms with Crippen LogP contribution in [-0.2, 0) is 14.8 Å². The summed E-state index contributed by atoms with van der Waals surface area (Å²) in [5.41, 5.74) is 11.5. The summed E-state index contributed by atoms with van der Waals surface area (Å²) in [6, 6.07) is 4.06. The summed E-state index contributed by atoms with van der Waals surface area (Å²) in [6.45, 7) is 0.728. The smallest absolute Gasteiger partial charge is 0.253 e. The van der Waals surface area contributed by atoms with E-state index in [1.165, 1.54) is 37.2 Å². The van der Waals surface area contributed by atoms with Gasteiger partial charge in [0.05, 0.1) is 10.8 Å². The maximum Gasteiger partial charge on any atom is 0.253 e. The van der Waals surface area contributed by atoms with Gasteiger partial charge in [0.1, 0.15) is 0 Å². The molecule has 1 saturated heterocycles. The quantitative estimate of drug-likeness (QED) is 0.727. The highest BCUT2D eigenvalue weighted by Gasteiger charge is 2.28. The molecule has 0 radical (unpaired) electrons. The van der Waals surface area contributed by atoms with Gasteiger partial charge in [0.2, 0.25) is 15.9 Å². The molecule has 0 saturated carbocycles. The molecule has 24 heavy (non-hydrogen) atoms. The molecule has 0 aliphatic carbocycles. The van der Waals surface area contributed by atoms with Crippen LogP contribution in [0.1, 0.15) is 23.2 Å². The minimum atomic E-state index is -3.70. The van der Waals surface area contributed by atoms with Gasteiger partial charge in [-0.15, -0.1) is 0 Å². The fourth-order valence-corrected chi connectivity index (χ4v) is 3.66. The van der Waals surface area contributed by atoms with Crippen LogP contribution < -0.4 is 11.5 Å². The highest BCUT2D eigenvalue weighted by atomic mass is 32.2. The standard InChI is InChI=1S/C15H22N4O4S/c1-18(2)24(22,23)13-7-11(6-12(16)8-13)15(21)19-5-3-4-10(9-19)14(17)20/h6-8,10H,3-5,9,16H2,1-2H3,(H2,17,20). The number of likely N-dealkylation sites (tertiary alicyclic amines) is 1. The Labute approximate surface area is 141 Å². The summed E-state index contributed by atoms with van der Waals surface area (Å²) >= 11 is 0. The van der Waals surface area contributed by atoms with Crippen molar-refractivity contribution in [2.45, 2.75) is 17.7 Å². The minimum Gasteiger partial charge on any atom is -0.399 e. The first-order valence-electron chi connectivity index (χ1n) is 7.54. The first-order chi connectivity index (χ1) is 11.1. The number of anilines is 1. The monoisotopic (exact) mass is 354 g/mol. The molecule has 4 N–H and O–H groups in total. The molecule has 1 unspecified atom stereocenters. The lowest BCUT2D eigenvalue weighted by atomic mass is 9.97. The molecule has 0 spiro atoms. The van der Waals surface area contributed by atoms with E-state index in [9.17, 15) is 18.0 Å². The van der Waals surface area contributed by atoms with Crippen LogP contribution >= 0.6 is 0 Å². The molecule has 2 amide bonds. The number of amides is 2. The molecule has 1 aromatic rings. The average Bonchev–Trinajstić information content (AvgIpc) is 2.53. The molecular weight excluding hydrogens is 332 g/mol. The van der Waals surface area contributed by atoms with E-state index in [4.69, 9.17) is 11.5 Å². The fourth-order valence-electron chi connectivity index (χ4n) is 2.68. The summed E-state index contributed by atoms with van der Waals surface area (Å²) in [6.07, 6.45) is 1.32. The summed E-state index contributed by atoms with van der Waals surface area (Å²) in [4.78, 5) is 25.5. The zero-order chi connectivity index (χ0) is 18.1. The van der Waals surface area contributed by atoms with Crippen LogP contribution in [0.5, 0.6) is 0 Å². The molecule has 0 bridgehead atoms. The third kappa shape index (κ3) is 3.68. The van der Waals surface area contributed by atoms with E-state index >= 15 is 0 Å². The number of hydrogen-bond acceptors (Lipinski definition) is 5. The van der Waals surface area contributed by atoms with Crippen molar-refractivity contribution in [3.05, 3.63) is 23.8 Å². The van der Waals surface area contributed by atoms with Crippen LogP contribution in [0.3, 0.4) is 0 Å². The van der Waals surface area contributed by atoms with Gasteiger partial charge >= 0.3 is 0 Å². The molecule has 9 heteroatoms. The van der Waals surface area contributed by atoms with Crippen molar-refractivity contribution in [3.8, 4) is 0 Å². The van der Waals surface area contributed by atoms with Gasteiger partial charge in [-0.25, -0.2) is 12.7 Å². The number of primary amides is 1. The van der Waals surface area contributed by atoms with Gasteiger partial charge < -0.3 is 16.4 Å². The number of carbonyl (C=O) groups is 2. The molecule has 0 aromatic heterocycles. The predicted octanol–water partition coefficient (Wildman–Crippen LogP) is -0.143. The number of nitrogens with zero attached hydrogens (tertiary/aromatic N) is 2. The second-order valence-electron chi connectivity index (χ2n) is 6.07. The Morgan fingerprint density at radius 2 is 1.92 bits per heavy atom. The van der Waals surface area contributed by atoms with Crippen LogP contribution in [0.25, 0.3) is 0 Å². The largest absolute Gasteiger partial charge is 0.399 e. The van der Waals surface area contributed by atoms with Crippen molar-refractivity contribution in [3.63, 3.8) is 0 Å². The second-order valence-corrected chi connectivity index (χ2v) is 8.22. The van der Waals surface area contributed by atoms with Crippen LogP contribution in [0, 0.1) is 5.92 Å². The van der Waals surface area contributed by atoms with Crippen molar-refractivity contribution in [1.82, 2.24) is 9.21 Å². The summed E-state index contributed by atoms with van der Waals surface area (Å²) in [7, 11) is -0.892. The first-order valence-corrected chi connectivity index (χ1v) is 8.98. The lowest BCUT2D eigenvalue weighted by Crippen LogP contribution is -2.44. The zero-order valence-electron chi connectivity index (χ0n) is 13.7. The third-order valence-electron chi connectivity index (χ3n) is 4.07. The Kier molecular flexibility index (Phi) is 5.14. The number of sulfonamides is 1. The fraction of sp³-hybridized carbons (Fsp3) is 0.467. The number of piperidine rings is 1. The molecule has 1 atom stereocenters. The first kappa shape index (κ1) is 18.2. The van der Waals surface area contributed by atoms with Crippen molar-refractivity contribution < 1.29 is 18.0 Å². The molecule has 8 nitrogen and oxygen atoms in total. The number of hydrogen-bond donors (Lipinski definition) is 2. The Hall–Kier alpha value is -2.13. The maximum atomic E-state index is 12.7.